The maximum atomic E-state index is 6.05. The van der Waals surface area contributed by atoms with E-state index in [0.717, 1.165) is 29.6 Å². The maximum Gasteiger partial charge on any atom is 0.0625 e. The Morgan fingerprint density at radius 1 is 0.812 bits per heavy atom. The molecule has 0 heterocycles. The Kier molecular flexibility index (Phi) is 5.21. The molecule has 0 bridgehead atoms. The van der Waals surface area contributed by atoms with Crippen LogP contribution in [0.4, 0.5) is 0 Å². The summed E-state index contributed by atoms with van der Waals surface area (Å²) in [5.74, 6) is 4.13. The Morgan fingerprint density at radius 3 is 2.22 bits per heavy atom. The van der Waals surface area contributed by atoms with Crippen molar-refractivity contribution in [2.75, 3.05) is 7.11 Å². The number of hydrogen-bond donors (Lipinski definition) is 0. The van der Waals surface area contributed by atoms with Crippen molar-refractivity contribution in [3.63, 3.8) is 0 Å². The Balaban J connectivity index is 1.57. The molecule has 10 atom stereocenters. The fourth-order valence-corrected chi connectivity index (χ4v) is 11.3. The highest BCUT2D eigenvalue weighted by Crippen LogP contribution is 2.75. The molecule has 4 saturated carbocycles. The van der Waals surface area contributed by atoms with Gasteiger partial charge in [0.2, 0.25) is 0 Å². The van der Waals surface area contributed by atoms with Crippen LogP contribution >= 0.6 is 0 Å². The smallest absolute Gasteiger partial charge is 0.0625 e. The first-order chi connectivity index (χ1) is 14.8. The predicted octanol–water partition coefficient (Wildman–Crippen LogP) is 8.68. The van der Waals surface area contributed by atoms with Gasteiger partial charge in [-0.2, -0.15) is 0 Å². The summed E-state index contributed by atoms with van der Waals surface area (Å²) in [6.45, 7) is 21.0. The van der Waals surface area contributed by atoms with Gasteiger partial charge in [-0.1, -0.05) is 67.0 Å². The van der Waals surface area contributed by atoms with E-state index in [9.17, 15) is 0 Å². The molecule has 0 aromatic rings. The molecule has 32 heavy (non-hydrogen) atoms. The molecule has 0 radical (unpaired) electrons. The molecule has 5 rings (SSSR count). The van der Waals surface area contributed by atoms with Crippen LogP contribution in [0.2, 0.25) is 0 Å². The third-order valence-electron chi connectivity index (χ3n) is 13.6. The van der Waals surface area contributed by atoms with Crippen LogP contribution in [0.5, 0.6) is 0 Å². The second-order valence-corrected chi connectivity index (χ2v) is 14.9. The minimum Gasteiger partial charge on any atom is -0.381 e. The van der Waals surface area contributed by atoms with Crippen molar-refractivity contribution < 1.29 is 4.74 Å². The minimum absolute atomic E-state index is 0.284. The molecule has 0 spiro atoms. The van der Waals surface area contributed by atoms with E-state index >= 15 is 0 Å². The SMILES string of the molecule is COC1CCC2(C)C(CCC3(C)C2CC=C2C4C(C)C(C)CCC4(C)CCC23C)C1(C)C. The summed E-state index contributed by atoms with van der Waals surface area (Å²) < 4.78 is 6.05. The molecule has 0 saturated heterocycles. The molecular weight excluding hydrogens is 388 g/mol. The zero-order valence-electron chi connectivity index (χ0n) is 22.8. The van der Waals surface area contributed by atoms with Crippen molar-refractivity contribution in [2.45, 2.75) is 119 Å². The molecule has 0 amide bonds. The van der Waals surface area contributed by atoms with Gasteiger partial charge >= 0.3 is 0 Å². The number of ether oxygens (including phenoxy) is 1. The predicted molar refractivity (Wildman–Crippen MR) is 135 cm³/mol. The molecule has 1 heteroatoms. The lowest BCUT2D eigenvalue weighted by molar-refractivity contribution is -0.207. The molecule has 4 fully saturated rings. The lowest BCUT2D eigenvalue weighted by Crippen LogP contribution is -2.64. The normalized spacial score (nSPS) is 56.8. The lowest BCUT2D eigenvalue weighted by atomic mass is 9.33. The lowest BCUT2D eigenvalue weighted by Gasteiger charge is -2.71. The van der Waals surface area contributed by atoms with Gasteiger partial charge in [-0.15, -0.1) is 0 Å². The molecule has 0 aromatic carbocycles. The third-order valence-corrected chi connectivity index (χ3v) is 13.6. The molecule has 0 N–H and O–H groups in total. The van der Waals surface area contributed by atoms with E-state index in [-0.39, 0.29) is 5.41 Å². The summed E-state index contributed by atoms with van der Waals surface area (Å²) in [4.78, 5) is 0. The second-order valence-electron chi connectivity index (χ2n) is 14.9. The van der Waals surface area contributed by atoms with Gasteiger partial charge in [0.15, 0.2) is 0 Å². The average molecular weight is 441 g/mol. The van der Waals surface area contributed by atoms with E-state index in [1.165, 1.54) is 57.8 Å². The topological polar surface area (TPSA) is 9.23 Å². The van der Waals surface area contributed by atoms with Gasteiger partial charge in [-0.05, 0) is 114 Å². The second kappa shape index (κ2) is 7.11. The van der Waals surface area contributed by atoms with Crippen LogP contribution in [0.25, 0.3) is 0 Å². The summed E-state index contributed by atoms with van der Waals surface area (Å²) >= 11 is 0. The molecule has 0 aromatic heterocycles. The molecule has 182 valence electrons. The van der Waals surface area contributed by atoms with Gasteiger partial charge in [-0.3, -0.25) is 0 Å². The van der Waals surface area contributed by atoms with Crippen LogP contribution in [-0.4, -0.2) is 13.2 Å². The average Bonchev–Trinajstić information content (AvgIpc) is 2.72. The van der Waals surface area contributed by atoms with Crippen molar-refractivity contribution in [3.8, 4) is 0 Å². The highest BCUT2D eigenvalue weighted by atomic mass is 16.5. The van der Waals surface area contributed by atoms with Crippen LogP contribution in [0.15, 0.2) is 11.6 Å². The van der Waals surface area contributed by atoms with Gasteiger partial charge < -0.3 is 4.74 Å². The molecule has 1 nitrogen and oxygen atoms in total. The van der Waals surface area contributed by atoms with Gasteiger partial charge in [0.25, 0.3) is 0 Å². The van der Waals surface area contributed by atoms with E-state index in [1.54, 1.807) is 0 Å². The van der Waals surface area contributed by atoms with Crippen LogP contribution in [0.3, 0.4) is 0 Å². The first-order valence-corrected chi connectivity index (χ1v) is 14.1. The summed E-state index contributed by atoms with van der Waals surface area (Å²) in [6.07, 6.45) is 15.8. The Morgan fingerprint density at radius 2 is 1.53 bits per heavy atom. The maximum absolute atomic E-state index is 6.05. The molecule has 5 aliphatic rings. The number of rotatable bonds is 1. The van der Waals surface area contributed by atoms with Crippen molar-refractivity contribution in [1.82, 2.24) is 0 Å². The van der Waals surface area contributed by atoms with Crippen LogP contribution in [0, 0.1) is 56.7 Å². The fraction of sp³-hybridized carbons (Fsp3) is 0.935. The van der Waals surface area contributed by atoms with Crippen LogP contribution in [0.1, 0.15) is 113 Å². The van der Waals surface area contributed by atoms with E-state index in [2.05, 4.69) is 61.5 Å². The first-order valence-electron chi connectivity index (χ1n) is 14.1. The van der Waals surface area contributed by atoms with E-state index in [1.807, 2.05) is 12.7 Å². The molecule has 5 aliphatic carbocycles. The van der Waals surface area contributed by atoms with E-state index in [4.69, 9.17) is 4.74 Å². The van der Waals surface area contributed by atoms with E-state index in [0.29, 0.717) is 27.8 Å². The summed E-state index contributed by atoms with van der Waals surface area (Å²) in [5.41, 5.74) is 4.02. The summed E-state index contributed by atoms with van der Waals surface area (Å²) in [5, 5.41) is 0. The van der Waals surface area contributed by atoms with Crippen LogP contribution in [-0.2, 0) is 4.74 Å². The highest BCUT2D eigenvalue weighted by molar-refractivity contribution is 5.33. The number of fused-ring (bicyclic) bond motifs is 7. The molecule has 10 unspecified atom stereocenters. The van der Waals surface area contributed by atoms with Crippen molar-refractivity contribution in [3.05, 3.63) is 11.6 Å². The standard InChI is InChI=1S/C31H52O/c1-20-12-15-28(5)18-19-30(7)22(26(28)21(20)2)10-11-24-29(6)16-14-25(32-9)27(3,4)23(29)13-17-31(24,30)8/h10,20-21,23-26H,11-19H2,1-9H3. The van der Waals surface area contributed by atoms with E-state index < -0.39 is 0 Å². The third kappa shape index (κ3) is 2.73. The van der Waals surface area contributed by atoms with Gasteiger partial charge in [0.1, 0.15) is 0 Å². The van der Waals surface area contributed by atoms with Crippen LogP contribution < -0.4 is 0 Å². The number of methoxy groups -OCH3 is 1. The van der Waals surface area contributed by atoms with Crippen molar-refractivity contribution in [1.29, 1.82) is 0 Å². The Bertz CT molecular complexity index is 794. The van der Waals surface area contributed by atoms with Crippen molar-refractivity contribution in [2.24, 2.45) is 56.7 Å². The molecular formula is C31H52O. The van der Waals surface area contributed by atoms with Gasteiger partial charge in [0, 0.05) is 7.11 Å². The van der Waals surface area contributed by atoms with Gasteiger partial charge in [0.05, 0.1) is 6.10 Å². The zero-order chi connectivity index (χ0) is 23.3. The zero-order valence-corrected chi connectivity index (χ0v) is 22.8. The highest BCUT2D eigenvalue weighted by Gasteiger charge is 2.68. The first kappa shape index (κ1) is 23.4. The van der Waals surface area contributed by atoms with Gasteiger partial charge in [-0.25, -0.2) is 0 Å². The quantitative estimate of drug-likeness (QED) is 0.370. The fourth-order valence-electron chi connectivity index (χ4n) is 11.3. The Hall–Kier alpha value is -0.300. The monoisotopic (exact) mass is 440 g/mol. The number of hydrogen-bond acceptors (Lipinski definition) is 1. The summed E-state index contributed by atoms with van der Waals surface area (Å²) in [7, 11) is 1.95. The Labute approximate surface area is 199 Å². The van der Waals surface area contributed by atoms with Crippen molar-refractivity contribution >= 4 is 0 Å². The molecule has 0 aliphatic heterocycles. The minimum atomic E-state index is 0.284. The largest absolute Gasteiger partial charge is 0.381 e. The number of allylic oxidation sites excluding steroid dienone is 2. The summed E-state index contributed by atoms with van der Waals surface area (Å²) in [6, 6.07) is 0.